The Hall–Kier alpha value is -1.80. The number of ether oxygens (including phenoxy) is 1. The van der Waals surface area contributed by atoms with Crippen LogP contribution in [0.3, 0.4) is 0 Å². The van der Waals surface area contributed by atoms with Crippen LogP contribution in [0.5, 0.6) is 5.75 Å². The van der Waals surface area contributed by atoms with Gasteiger partial charge in [-0.1, -0.05) is 36.4 Å². The first kappa shape index (κ1) is 14.2. The topological polar surface area (TPSA) is 21.3 Å². The van der Waals surface area contributed by atoms with Crippen LogP contribution >= 0.6 is 0 Å². The summed E-state index contributed by atoms with van der Waals surface area (Å²) in [5.74, 6) is 1.72. The van der Waals surface area contributed by atoms with E-state index in [0.717, 1.165) is 18.2 Å². The zero-order valence-corrected chi connectivity index (χ0v) is 12.8. The van der Waals surface area contributed by atoms with Crippen LogP contribution in [-0.2, 0) is 6.54 Å². The van der Waals surface area contributed by atoms with Crippen molar-refractivity contribution in [3.8, 4) is 5.75 Å². The van der Waals surface area contributed by atoms with Crippen LogP contribution in [-0.4, -0.2) is 7.11 Å². The number of rotatable bonds is 6. The molecule has 0 aliphatic heterocycles. The average molecular weight is 281 g/mol. The van der Waals surface area contributed by atoms with Crippen molar-refractivity contribution in [3.05, 3.63) is 65.2 Å². The molecule has 1 saturated carbocycles. The molecule has 2 aromatic carbocycles. The summed E-state index contributed by atoms with van der Waals surface area (Å²) in [6.07, 6.45) is 2.70. The summed E-state index contributed by atoms with van der Waals surface area (Å²) in [6, 6.07) is 17.4. The molecule has 2 heteroatoms. The zero-order valence-electron chi connectivity index (χ0n) is 12.8. The fraction of sp³-hybridized carbons (Fsp3) is 0.368. The highest BCUT2D eigenvalue weighted by atomic mass is 16.5. The van der Waals surface area contributed by atoms with Gasteiger partial charge in [0.2, 0.25) is 0 Å². The third-order valence-corrected chi connectivity index (χ3v) is 4.26. The first-order valence-electron chi connectivity index (χ1n) is 7.73. The van der Waals surface area contributed by atoms with Crippen LogP contribution in [0.1, 0.15) is 48.4 Å². The summed E-state index contributed by atoms with van der Waals surface area (Å²) in [7, 11) is 1.71. The van der Waals surface area contributed by atoms with Crippen molar-refractivity contribution in [2.24, 2.45) is 0 Å². The van der Waals surface area contributed by atoms with Crippen LogP contribution in [0, 0.1) is 0 Å². The maximum absolute atomic E-state index is 5.30. The molecule has 0 aromatic heterocycles. The molecule has 1 aliphatic carbocycles. The molecule has 2 nitrogen and oxygen atoms in total. The molecule has 1 N–H and O–H groups in total. The van der Waals surface area contributed by atoms with Crippen LogP contribution in [0.15, 0.2) is 48.5 Å². The van der Waals surface area contributed by atoms with Gasteiger partial charge < -0.3 is 10.1 Å². The molecule has 1 aliphatic rings. The summed E-state index contributed by atoms with van der Waals surface area (Å²) < 4.78 is 5.30. The lowest BCUT2D eigenvalue weighted by Crippen LogP contribution is -2.18. The van der Waals surface area contributed by atoms with Gasteiger partial charge in [0, 0.05) is 12.6 Å². The molecule has 0 radical (unpaired) electrons. The Morgan fingerprint density at radius 2 is 1.95 bits per heavy atom. The lowest BCUT2D eigenvalue weighted by atomic mass is 10.0. The van der Waals surface area contributed by atoms with E-state index in [1.165, 1.54) is 29.5 Å². The van der Waals surface area contributed by atoms with Gasteiger partial charge in [-0.2, -0.15) is 0 Å². The standard InChI is InChI=1S/C19H23NO/c1-14(16-7-5-8-18(12-16)21-2)20-13-17-6-3-4-9-19(17)15-10-11-15/h3-9,12,14-15,20H,10-11,13H2,1-2H3/t14-/m1/s1. The van der Waals surface area contributed by atoms with Gasteiger partial charge >= 0.3 is 0 Å². The van der Waals surface area contributed by atoms with Crippen LogP contribution in [0.4, 0.5) is 0 Å². The SMILES string of the molecule is COc1cccc([C@@H](C)NCc2ccccc2C2CC2)c1. The normalized spacial score (nSPS) is 15.7. The molecular formula is C19H23NO. The van der Waals surface area contributed by atoms with Crippen molar-refractivity contribution >= 4 is 0 Å². The van der Waals surface area contributed by atoms with E-state index in [2.05, 4.69) is 48.6 Å². The molecule has 0 unspecified atom stereocenters. The molecule has 1 atom stereocenters. The Bertz CT molecular complexity index is 604. The second kappa shape index (κ2) is 6.31. The molecule has 0 saturated heterocycles. The van der Waals surface area contributed by atoms with Crippen molar-refractivity contribution in [2.45, 2.75) is 38.3 Å². The quantitative estimate of drug-likeness (QED) is 0.846. The maximum atomic E-state index is 5.30. The van der Waals surface area contributed by atoms with Crippen molar-refractivity contribution in [2.75, 3.05) is 7.11 Å². The summed E-state index contributed by atoms with van der Waals surface area (Å²) in [4.78, 5) is 0. The summed E-state index contributed by atoms with van der Waals surface area (Å²) >= 11 is 0. The van der Waals surface area contributed by atoms with Gasteiger partial charge in [-0.05, 0) is 54.5 Å². The minimum atomic E-state index is 0.312. The third kappa shape index (κ3) is 3.45. The molecule has 2 aromatic rings. The average Bonchev–Trinajstić information content (AvgIpc) is 3.37. The molecule has 0 bridgehead atoms. The highest BCUT2D eigenvalue weighted by molar-refractivity contribution is 5.34. The number of benzene rings is 2. The highest BCUT2D eigenvalue weighted by Gasteiger charge is 2.25. The number of nitrogens with one attached hydrogen (secondary N) is 1. The van der Waals surface area contributed by atoms with E-state index in [1.54, 1.807) is 7.11 Å². The monoisotopic (exact) mass is 281 g/mol. The molecule has 3 rings (SSSR count). The first-order valence-corrected chi connectivity index (χ1v) is 7.73. The smallest absolute Gasteiger partial charge is 0.119 e. The Morgan fingerprint density at radius 3 is 2.71 bits per heavy atom. The molecule has 110 valence electrons. The van der Waals surface area contributed by atoms with E-state index in [1.807, 2.05) is 12.1 Å². The van der Waals surface area contributed by atoms with Crippen molar-refractivity contribution in [1.82, 2.24) is 5.32 Å². The molecule has 21 heavy (non-hydrogen) atoms. The lowest BCUT2D eigenvalue weighted by Gasteiger charge is -2.17. The van der Waals surface area contributed by atoms with Crippen molar-refractivity contribution in [3.63, 3.8) is 0 Å². The van der Waals surface area contributed by atoms with Gasteiger partial charge in [0.05, 0.1) is 7.11 Å². The Morgan fingerprint density at radius 1 is 1.14 bits per heavy atom. The van der Waals surface area contributed by atoms with Crippen molar-refractivity contribution < 1.29 is 4.74 Å². The molecule has 0 amide bonds. The van der Waals surface area contributed by atoms with Gasteiger partial charge in [-0.25, -0.2) is 0 Å². The van der Waals surface area contributed by atoms with E-state index in [9.17, 15) is 0 Å². The van der Waals surface area contributed by atoms with Crippen LogP contribution < -0.4 is 10.1 Å². The molecular weight excluding hydrogens is 258 g/mol. The fourth-order valence-corrected chi connectivity index (χ4v) is 2.78. The Kier molecular flexibility index (Phi) is 4.26. The minimum absolute atomic E-state index is 0.312. The molecule has 1 fully saturated rings. The second-order valence-electron chi connectivity index (χ2n) is 5.85. The van der Waals surface area contributed by atoms with Gasteiger partial charge in [-0.15, -0.1) is 0 Å². The zero-order chi connectivity index (χ0) is 14.7. The highest BCUT2D eigenvalue weighted by Crippen LogP contribution is 2.41. The van der Waals surface area contributed by atoms with Crippen LogP contribution in [0.25, 0.3) is 0 Å². The third-order valence-electron chi connectivity index (χ3n) is 4.26. The van der Waals surface area contributed by atoms with E-state index < -0.39 is 0 Å². The second-order valence-corrected chi connectivity index (χ2v) is 5.85. The number of hydrogen-bond donors (Lipinski definition) is 1. The Labute approximate surface area is 127 Å². The van der Waals surface area contributed by atoms with E-state index in [-0.39, 0.29) is 0 Å². The lowest BCUT2D eigenvalue weighted by molar-refractivity contribution is 0.413. The fourth-order valence-electron chi connectivity index (χ4n) is 2.78. The minimum Gasteiger partial charge on any atom is -0.497 e. The van der Waals surface area contributed by atoms with E-state index in [0.29, 0.717) is 6.04 Å². The van der Waals surface area contributed by atoms with Gasteiger partial charge in [-0.3, -0.25) is 0 Å². The first-order chi connectivity index (χ1) is 10.3. The van der Waals surface area contributed by atoms with Gasteiger partial charge in [0.1, 0.15) is 5.75 Å². The summed E-state index contributed by atoms with van der Waals surface area (Å²) in [6.45, 7) is 3.12. The van der Waals surface area contributed by atoms with Gasteiger partial charge in [0.15, 0.2) is 0 Å². The van der Waals surface area contributed by atoms with E-state index in [4.69, 9.17) is 4.74 Å². The molecule has 0 spiro atoms. The number of methoxy groups -OCH3 is 1. The predicted octanol–water partition coefficient (Wildman–Crippen LogP) is 4.42. The number of hydrogen-bond acceptors (Lipinski definition) is 2. The largest absolute Gasteiger partial charge is 0.497 e. The molecule has 0 heterocycles. The maximum Gasteiger partial charge on any atom is 0.119 e. The summed E-state index contributed by atoms with van der Waals surface area (Å²) in [5.41, 5.74) is 4.23. The predicted molar refractivity (Wildman–Crippen MR) is 86.7 cm³/mol. The summed E-state index contributed by atoms with van der Waals surface area (Å²) in [5, 5.41) is 3.63. The van der Waals surface area contributed by atoms with Gasteiger partial charge in [0.25, 0.3) is 0 Å². The van der Waals surface area contributed by atoms with Crippen LogP contribution in [0.2, 0.25) is 0 Å². The van der Waals surface area contributed by atoms with Crippen molar-refractivity contribution in [1.29, 1.82) is 0 Å². The van der Waals surface area contributed by atoms with E-state index >= 15 is 0 Å². The Balaban J connectivity index is 1.66.